The van der Waals surface area contributed by atoms with E-state index in [4.69, 9.17) is 5.73 Å². The molecule has 4 aromatic rings. The third-order valence-corrected chi connectivity index (χ3v) is 5.51. The standard InChI is InChI=1S/C22H18F3N5/c23-14-4-5-16(24)15(11-14)19-2-1-9-29(19)22-8-7-21-27-12-20(30(21)28-22)13-3-6-18(26)17(25)10-13/h3-8,10-12,19H,1-2,9,26H2. The molecule has 0 spiro atoms. The number of halogens is 3. The van der Waals surface area contributed by atoms with E-state index in [0.717, 1.165) is 18.6 Å². The smallest absolute Gasteiger partial charge is 0.154 e. The maximum Gasteiger partial charge on any atom is 0.154 e. The minimum atomic E-state index is -0.514. The Labute approximate surface area is 170 Å². The van der Waals surface area contributed by atoms with Crippen molar-refractivity contribution in [2.45, 2.75) is 18.9 Å². The highest BCUT2D eigenvalue weighted by Crippen LogP contribution is 2.37. The van der Waals surface area contributed by atoms with Gasteiger partial charge in [-0.2, -0.15) is 0 Å². The Kier molecular flexibility index (Phi) is 4.34. The number of hydrogen-bond donors (Lipinski definition) is 1. The number of nitrogen functional groups attached to an aromatic ring is 1. The Balaban J connectivity index is 1.57. The van der Waals surface area contributed by atoms with E-state index in [9.17, 15) is 13.2 Å². The number of nitrogens with zero attached hydrogens (tertiary/aromatic N) is 4. The molecule has 2 aromatic carbocycles. The summed E-state index contributed by atoms with van der Waals surface area (Å²) in [5.41, 5.74) is 7.76. The lowest BCUT2D eigenvalue weighted by Gasteiger charge is -2.26. The Morgan fingerprint density at radius 3 is 2.67 bits per heavy atom. The third kappa shape index (κ3) is 3.04. The fourth-order valence-corrected chi connectivity index (χ4v) is 4.03. The summed E-state index contributed by atoms with van der Waals surface area (Å²) in [6, 6.07) is 11.4. The maximum atomic E-state index is 14.4. The molecular formula is C22H18F3N5. The predicted molar refractivity (Wildman–Crippen MR) is 108 cm³/mol. The summed E-state index contributed by atoms with van der Waals surface area (Å²) in [7, 11) is 0. The van der Waals surface area contributed by atoms with Gasteiger partial charge in [0.1, 0.15) is 23.3 Å². The average Bonchev–Trinajstić information content (AvgIpc) is 3.38. The van der Waals surface area contributed by atoms with E-state index < -0.39 is 17.5 Å². The van der Waals surface area contributed by atoms with Crippen LogP contribution in [0.5, 0.6) is 0 Å². The van der Waals surface area contributed by atoms with Crippen molar-refractivity contribution in [3.8, 4) is 11.3 Å². The Morgan fingerprint density at radius 1 is 0.967 bits per heavy atom. The molecule has 1 unspecified atom stereocenters. The van der Waals surface area contributed by atoms with E-state index >= 15 is 0 Å². The fourth-order valence-electron chi connectivity index (χ4n) is 4.03. The van der Waals surface area contributed by atoms with Crippen LogP contribution in [0, 0.1) is 17.5 Å². The number of benzene rings is 2. The molecule has 5 rings (SSSR count). The number of imidazole rings is 1. The zero-order chi connectivity index (χ0) is 20.8. The molecular weight excluding hydrogens is 391 g/mol. The van der Waals surface area contributed by atoms with Gasteiger partial charge in [0, 0.05) is 17.7 Å². The normalized spacial score (nSPS) is 16.5. The van der Waals surface area contributed by atoms with Crippen LogP contribution in [0.25, 0.3) is 16.9 Å². The summed E-state index contributed by atoms with van der Waals surface area (Å²) in [5.74, 6) is -0.803. The second-order valence-electron chi connectivity index (χ2n) is 7.36. The molecule has 1 aliphatic heterocycles. The second kappa shape index (κ2) is 7.05. The molecule has 5 nitrogen and oxygen atoms in total. The number of fused-ring (bicyclic) bond motifs is 1. The van der Waals surface area contributed by atoms with Crippen molar-refractivity contribution in [3.05, 3.63) is 77.7 Å². The van der Waals surface area contributed by atoms with Gasteiger partial charge in [-0.25, -0.2) is 22.7 Å². The Hall–Kier alpha value is -3.55. The minimum absolute atomic E-state index is 0.0678. The first-order valence-corrected chi connectivity index (χ1v) is 9.63. The average molecular weight is 409 g/mol. The summed E-state index contributed by atoms with van der Waals surface area (Å²) >= 11 is 0. The van der Waals surface area contributed by atoms with Gasteiger partial charge >= 0.3 is 0 Å². The topological polar surface area (TPSA) is 59.5 Å². The first-order valence-electron chi connectivity index (χ1n) is 9.63. The number of rotatable bonds is 3. The number of anilines is 2. The lowest BCUT2D eigenvalue weighted by molar-refractivity contribution is 0.559. The molecule has 8 heteroatoms. The van der Waals surface area contributed by atoms with Gasteiger partial charge in [-0.1, -0.05) is 6.07 Å². The van der Waals surface area contributed by atoms with Gasteiger partial charge in [-0.15, -0.1) is 5.10 Å². The van der Waals surface area contributed by atoms with Crippen molar-refractivity contribution in [2.75, 3.05) is 17.2 Å². The molecule has 2 N–H and O–H groups in total. The van der Waals surface area contributed by atoms with Crippen LogP contribution in [0.4, 0.5) is 24.7 Å². The van der Waals surface area contributed by atoms with Gasteiger partial charge in [0.15, 0.2) is 5.65 Å². The molecule has 1 saturated heterocycles. The molecule has 1 atom stereocenters. The van der Waals surface area contributed by atoms with Gasteiger partial charge in [0.05, 0.1) is 23.6 Å². The predicted octanol–water partition coefficient (Wildman–Crippen LogP) is 4.74. The monoisotopic (exact) mass is 409 g/mol. The molecule has 0 radical (unpaired) electrons. The molecule has 0 amide bonds. The first-order chi connectivity index (χ1) is 14.5. The number of aromatic nitrogens is 3. The van der Waals surface area contributed by atoms with Crippen LogP contribution in [0.2, 0.25) is 0 Å². The zero-order valence-corrected chi connectivity index (χ0v) is 15.9. The van der Waals surface area contributed by atoms with Gasteiger partial charge in [-0.05, 0) is 55.3 Å². The van der Waals surface area contributed by atoms with Gasteiger partial charge < -0.3 is 10.6 Å². The Morgan fingerprint density at radius 2 is 1.83 bits per heavy atom. The van der Waals surface area contributed by atoms with Crippen molar-refractivity contribution in [1.29, 1.82) is 0 Å². The van der Waals surface area contributed by atoms with Crippen LogP contribution in [-0.2, 0) is 0 Å². The van der Waals surface area contributed by atoms with E-state index in [1.165, 1.54) is 18.2 Å². The highest BCUT2D eigenvalue weighted by atomic mass is 19.1. The maximum absolute atomic E-state index is 14.4. The van der Waals surface area contributed by atoms with Crippen LogP contribution in [0.15, 0.2) is 54.7 Å². The van der Waals surface area contributed by atoms with Crippen molar-refractivity contribution in [1.82, 2.24) is 14.6 Å². The molecule has 1 fully saturated rings. The molecule has 1 aliphatic rings. The third-order valence-electron chi connectivity index (χ3n) is 5.51. The number of hydrogen-bond acceptors (Lipinski definition) is 4. The second-order valence-corrected chi connectivity index (χ2v) is 7.36. The molecule has 0 bridgehead atoms. The van der Waals surface area contributed by atoms with Gasteiger partial charge in [0.2, 0.25) is 0 Å². The number of nitrogens with two attached hydrogens (primary N) is 1. The van der Waals surface area contributed by atoms with E-state index in [2.05, 4.69) is 10.1 Å². The van der Waals surface area contributed by atoms with Crippen molar-refractivity contribution < 1.29 is 13.2 Å². The highest BCUT2D eigenvalue weighted by molar-refractivity contribution is 5.66. The van der Waals surface area contributed by atoms with Crippen LogP contribution in [0.1, 0.15) is 24.4 Å². The summed E-state index contributed by atoms with van der Waals surface area (Å²) in [6.07, 6.45) is 3.14. The highest BCUT2D eigenvalue weighted by Gasteiger charge is 2.30. The fraction of sp³-hybridized carbons (Fsp3) is 0.182. The van der Waals surface area contributed by atoms with E-state index in [0.29, 0.717) is 41.3 Å². The van der Waals surface area contributed by atoms with Crippen LogP contribution in [0.3, 0.4) is 0 Å². The molecule has 0 aliphatic carbocycles. The lowest BCUT2D eigenvalue weighted by atomic mass is 10.0. The van der Waals surface area contributed by atoms with Crippen molar-refractivity contribution in [2.24, 2.45) is 0 Å². The van der Waals surface area contributed by atoms with Crippen LogP contribution in [-0.4, -0.2) is 21.1 Å². The SMILES string of the molecule is Nc1ccc(-c2cnc3ccc(N4CCCC4c4cc(F)ccc4F)nn23)cc1F. The minimum Gasteiger partial charge on any atom is -0.396 e. The van der Waals surface area contributed by atoms with Gasteiger partial charge in [-0.3, -0.25) is 0 Å². The van der Waals surface area contributed by atoms with Crippen molar-refractivity contribution >= 4 is 17.2 Å². The summed E-state index contributed by atoms with van der Waals surface area (Å²) < 4.78 is 43.7. The molecule has 0 saturated carbocycles. The Bertz CT molecular complexity index is 1250. The molecule has 152 valence electrons. The first kappa shape index (κ1) is 18.5. The molecule has 2 aromatic heterocycles. The van der Waals surface area contributed by atoms with E-state index in [1.54, 1.807) is 22.8 Å². The van der Waals surface area contributed by atoms with Crippen molar-refractivity contribution in [3.63, 3.8) is 0 Å². The summed E-state index contributed by atoms with van der Waals surface area (Å²) in [5, 5.41) is 4.68. The summed E-state index contributed by atoms with van der Waals surface area (Å²) in [4.78, 5) is 6.30. The van der Waals surface area contributed by atoms with Crippen LogP contribution >= 0.6 is 0 Å². The van der Waals surface area contributed by atoms with Gasteiger partial charge in [0.25, 0.3) is 0 Å². The van der Waals surface area contributed by atoms with Crippen LogP contribution < -0.4 is 10.6 Å². The lowest BCUT2D eigenvalue weighted by Crippen LogP contribution is -2.25. The molecule has 3 heterocycles. The largest absolute Gasteiger partial charge is 0.396 e. The zero-order valence-electron chi connectivity index (χ0n) is 15.9. The molecule has 30 heavy (non-hydrogen) atoms. The summed E-state index contributed by atoms with van der Waals surface area (Å²) in [6.45, 7) is 0.666. The van der Waals surface area contributed by atoms with E-state index in [-0.39, 0.29) is 11.7 Å². The van der Waals surface area contributed by atoms with E-state index in [1.807, 2.05) is 11.0 Å². The quantitative estimate of drug-likeness (QED) is 0.497.